The third-order valence-corrected chi connectivity index (χ3v) is 5.58. The number of rotatable bonds is 2. The average Bonchev–Trinajstić information content (AvgIpc) is 2.73. The molecule has 1 saturated heterocycles. The number of nitrogens with one attached hydrogen (secondary N) is 1. The van der Waals surface area contributed by atoms with Gasteiger partial charge >= 0.3 is 12.0 Å². The topological polar surface area (TPSA) is 80.8 Å². The summed E-state index contributed by atoms with van der Waals surface area (Å²) >= 11 is 0. The average molecular weight is 399 g/mol. The number of benzene rings is 1. The van der Waals surface area contributed by atoms with Gasteiger partial charge in [0, 0.05) is 38.2 Å². The number of piperidine rings is 1. The molecule has 1 spiro atoms. The number of hydrogen-bond acceptors (Lipinski definition) is 5. The van der Waals surface area contributed by atoms with Crippen molar-refractivity contribution in [1.29, 1.82) is 0 Å². The molecule has 0 atom stereocenters. The Morgan fingerprint density at radius 2 is 2.00 bits per heavy atom. The lowest BCUT2D eigenvalue weighted by atomic mass is 9.83. The lowest BCUT2D eigenvalue weighted by Crippen LogP contribution is -2.52. The first-order valence-electron chi connectivity index (χ1n) is 9.55. The quantitative estimate of drug-likeness (QED) is 0.783. The first-order valence-corrected chi connectivity index (χ1v) is 9.55. The minimum atomic E-state index is -0.514. The number of esters is 1. The van der Waals surface area contributed by atoms with E-state index in [2.05, 4.69) is 15.0 Å². The molecule has 0 saturated carbocycles. The maximum absolute atomic E-state index is 13.6. The summed E-state index contributed by atoms with van der Waals surface area (Å²) in [7, 11) is 1.29. The van der Waals surface area contributed by atoms with E-state index in [1.807, 2.05) is 0 Å². The van der Waals surface area contributed by atoms with Crippen molar-refractivity contribution in [2.45, 2.75) is 31.3 Å². The van der Waals surface area contributed by atoms with E-state index in [0.717, 1.165) is 18.4 Å². The van der Waals surface area contributed by atoms with E-state index in [0.29, 0.717) is 37.4 Å². The van der Waals surface area contributed by atoms with Crippen molar-refractivity contribution in [2.75, 3.05) is 25.5 Å². The SMILES string of the molecule is COC(=O)c1cncc(NC(=O)N2CCC3(CCc4ccc(F)cc4O3)CC2)c1. The third kappa shape index (κ3) is 4.01. The number of ether oxygens (including phenoxy) is 2. The van der Waals surface area contributed by atoms with Crippen molar-refractivity contribution in [3.63, 3.8) is 0 Å². The fraction of sp³-hybridized carbons (Fsp3) is 0.381. The van der Waals surface area contributed by atoms with Gasteiger partial charge in [-0.2, -0.15) is 0 Å². The van der Waals surface area contributed by atoms with E-state index in [1.54, 1.807) is 11.0 Å². The highest BCUT2D eigenvalue weighted by Crippen LogP contribution is 2.39. The number of pyridine rings is 1. The second-order valence-corrected chi connectivity index (χ2v) is 7.41. The molecule has 3 heterocycles. The van der Waals surface area contributed by atoms with E-state index in [4.69, 9.17) is 4.74 Å². The molecule has 1 fully saturated rings. The number of carbonyl (C=O) groups excluding carboxylic acids is 2. The molecule has 8 heteroatoms. The first-order chi connectivity index (χ1) is 14.0. The monoisotopic (exact) mass is 399 g/mol. The lowest BCUT2D eigenvalue weighted by Gasteiger charge is -2.44. The zero-order valence-electron chi connectivity index (χ0n) is 16.1. The van der Waals surface area contributed by atoms with Crippen LogP contribution in [0.1, 0.15) is 35.2 Å². The Bertz CT molecular complexity index is 941. The zero-order valence-corrected chi connectivity index (χ0v) is 16.1. The van der Waals surface area contributed by atoms with Crippen LogP contribution in [0.15, 0.2) is 36.7 Å². The third-order valence-electron chi connectivity index (χ3n) is 5.58. The van der Waals surface area contributed by atoms with Crippen LogP contribution in [-0.2, 0) is 11.2 Å². The molecule has 1 aromatic carbocycles. The van der Waals surface area contributed by atoms with E-state index in [9.17, 15) is 14.0 Å². The summed E-state index contributed by atoms with van der Waals surface area (Å²) in [5.74, 6) is -0.208. The van der Waals surface area contributed by atoms with Gasteiger partial charge in [-0.15, -0.1) is 0 Å². The maximum atomic E-state index is 13.6. The van der Waals surface area contributed by atoms with Crippen molar-refractivity contribution in [3.8, 4) is 5.75 Å². The molecule has 2 aromatic rings. The van der Waals surface area contributed by atoms with Gasteiger partial charge in [0.25, 0.3) is 0 Å². The smallest absolute Gasteiger partial charge is 0.339 e. The molecule has 7 nitrogen and oxygen atoms in total. The molecular weight excluding hydrogens is 377 g/mol. The number of likely N-dealkylation sites (tertiary alicyclic amines) is 1. The Hall–Kier alpha value is -3.16. The van der Waals surface area contributed by atoms with Gasteiger partial charge in [-0.3, -0.25) is 4.98 Å². The van der Waals surface area contributed by atoms with Crippen molar-refractivity contribution in [3.05, 3.63) is 53.6 Å². The van der Waals surface area contributed by atoms with Crippen molar-refractivity contribution < 1.29 is 23.5 Å². The second-order valence-electron chi connectivity index (χ2n) is 7.41. The molecule has 0 bridgehead atoms. The van der Waals surface area contributed by atoms with Crippen LogP contribution >= 0.6 is 0 Å². The van der Waals surface area contributed by atoms with E-state index >= 15 is 0 Å². The number of anilines is 1. The van der Waals surface area contributed by atoms with Gasteiger partial charge in [-0.05, 0) is 30.5 Å². The number of nitrogens with zero attached hydrogens (tertiary/aromatic N) is 2. The van der Waals surface area contributed by atoms with Gasteiger partial charge in [-0.1, -0.05) is 6.07 Å². The summed E-state index contributed by atoms with van der Waals surface area (Å²) in [6.45, 7) is 1.06. The van der Waals surface area contributed by atoms with Crippen LogP contribution in [0.3, 0.4) is 0 Å². The lowest BCUT2D eigenvalue weighted by molar-refractivity contribution is -0.00460. The molecular formula is C21H22FN3O4. The number of fused-ring (bicyclic) bond motifs is 1. The minimum Gasteiger partial charge on any atom is -0.487 e. The molecule has 152 valence electrons. The van der Waals surface area contributed by atoms with Gasteiger partial charge < -0.3 is 19.7 Å². The summed E-state index contributed by atoms with van der Waals surface area (Å²) in [4.78, 5) is 29.9. The molecule has 2 amide bonds. The molecule has 29 heavy (non-hydrogen) atoms. The van der Waals surface area contributed by atoms with Gasteiger partial charge in [0.2, 0.25) is 0 Å². The summed E-state index contributed by atoms with van der Waals surface area (Å²) in [5, 5.41) is 2.77. The number of carbonyl (C=O) groups is 2. The van der Waals surface area contributed by atoms with Crippen molar-refractivity contribution in [1.82, 2.24) is 9.88 Å². The van der Waals surface area contributed by atoms with Crippen LogP contribution < -0.4 is 10.1 Å². The summed E-state index contributed by atoms with van der Waals surface area (Å²) in [6.07, 6.45) is 5.91. The fourth-order valence-electron chi connectivity index (χ4n) is 3.89. The van der Waals surface area contributed by atoms with Gasteiger partial charge in [-0.25, -0.2) is 14.0 Å². The Morgan fingerprint density at radius 3 is 2.76 bits per heavy atom. The molecule has 1 aromatic heterocycles. The summed E-state index contributed by atoms with van der Waals surface area (Å²) in [6, 6.07) is 5.94. The predicted octanol–water partition coefficient (Wildman–Crippen LogP) is 3.40. The summed E-state index contributed by atoms with van der Waals surface area (Å²) in [5.41, 5.74) is 1.36. The zero-order chi connectivity index (χ0) is 20.4. The number of methoxy groups -OCH3 is 1. The molecule has 2 aliphatic rings. The first kappa shape index (κ1) is 19.2. The van der Waals surface area contributed by atoms with Crippen molar-refractivity contribution in [2.24, 2.45) is 0 Å². The molecule has 0 aliphatic carbocycles. The van der Waals surface area contributed by atoms with Gasteiger partial charge in [0.05, 0.1) is 24.6 Å². The number of aryl methyl sites for hydroxylation is 1. The Labute approximate surface area is 167 Å². The van der Waals surface area contributed by atoms with Gasteiger partial charge in [0.1, 0.15) is 17.2 Å². The van der Waals surface area contributed by atoms with Crippen molar-refractivity contribution >= 4 is 17.7 Å². The maximum Gasteiger partial charge on any atom is 0.339 e. The Kier molecular flexibility index (Phi) is 5.08. The Balaban J connectivity index is 1.37. The Morgan fingerprint density at radius 1 is 1.21 bits per heavy atom. The van der Waals surface area contributed by atoms with Crippen LogP contribution in [0.25, 0.3) is 0 Å². The number of aromatic nitrogens is 1. The summed E-state index contributed by atoms with van der Waals surface area (Å²) < 4.78 is 24.4. The van der Waals surface area contributed by atoms with Gasteiger partial charge in [0.15, 0.2) is 0 Å². The molecule has 0 radical (unpaired) electrons. The predicted molar refractivity (Wildman–Crippen MR) is 103 cm³/mol. The molecule has 0 unspecified atom stereocenters. The highest BCUT2D eigenvalue weighted by molar-refractivity contribution is 5.93. The largest absolute Gasteiger partial charge is 0.487 e. The van der Waals surface area contributed by atoms with Crippen LogP contribution in [0.4, 0.5) is 14.9 Å². The van der Waals surface area contributed by atoms with Crippen LogP contribution in [0, 0.1) is 5.82 Å². The van der Waals surface area contributed by atoms with E-state index in [-0.39, 0.29) is 23.0 Å². The van der Waals surface area contributed by atoms with Crippen LogP contribution in [0.5, 0.6) is 5.75 Å². The number of urea groups is 1. The standard InChI is InChI=1S/C21H22FN3O4/c1-28-19(26)15-10-17(13-23-12-15)24-20(27)25-8-6-21(7-9-25)5-4-14-2-3-16(22)11-18(14)29-21/h2-3,10-13H,4-9H2,1H3,(H,24,27). The number of hydrogen-bond donors (Lipinski definition) is 1. The fourth-order valence-corrected chi connectivity index (χ4v) is 3.89. The molecule has 4 rings (SSSR count). The normalized spacial score (nSPS) is 17.2. The highest BCUT2D eigenvalue weighted by atomic mass is 19.1. The van der Waals surface area contributed by atoms with Crippen LogP contribution in [0.2, 0.25) is 0 Å². The minimum absolute atomic E-state index is 0.258. The second kappa shape index (κ2) is 7.69. The van der Waals surface area contributed by atoms with E-state index in [1.165, 1.54) is 37.7 Å². The number of amides is 2. The van der Waals surface area contributed by atoms with E-state index < -0.39 is 5.97 Å². The molecule has 1 N–H and O–H groups in total. The highest BCUT2D eigenvalue weighted by Gasteiger charge is 2.40. The number of halogens is 1. The van der Waals surface area contributed by atoms with Crippen LogP contribution in [-0.4, -0.2) is 47.7 Å². The molecule has 2 aliphatic heterocycles.